The second-order valence-corrected chi connectivity index (χ2v) is 5.52. The predicted octanol–water partition coefficient (Wildman–Crippen LogP) is 2.25. The molecule has 0 bridgehead atoms. The Labute approximate surface area is 125 Å². The number of hydrogen-bond donors (Lipinski definition) is 1. The van der Waals surface area contributed by atoms with Gasteiger partial charge in [-0.05, 0) is 25.1 Å². The first-order valence-corrected chi connectivity index (χ1v) is 7.14. The summed E-state index contributed by atoms with van der Waals surface area (Å²) in [5.41, 5.74) is 1.28. The maximum Gasteiger partial charge on any atom is 0.311 e. The summed E-state index contributed by atoms with van der Waals surface area (Å²) in [5.74, 6) is -1.43. The van der Waals surface area contributed by atoms with Crippen molar-refractivity contribution in [1.82, 2.24) is 0 Å². The van der Waals surface area contributed by atoms with Crippen LogP contribution in [0.1, 0.15) is 12.5 Å². The topological polar surface area (TPSA) is 73.6 Å². The molecule has 1 aliphatic rings. The van der Waals surface area contributed by atoms with Gasteiger partial charge in [0.2, 0.25) is 0 Å². The quantitative estimate of drug-likeness (QED) is 0.911. The lowest BCUT2D eigenvalue weighted by molar-refractivity contribution is -0.141. The van der Waals surface area contributed by atoms with Crippen molar-refractivity contribution in [2.24, 2.45) is 5.92 Å². The van der Waals surface area contributed by atoms with Gasteiger partial charge in [-0.15, -0.1) is 0 Å². The van der Waals surface area contributed by atoms with Crippen LogP contribution in [0, 0.1) is 17.2 Å². The summed E-state index contributed by atoms with van der Waals surface area (Å²) < 4.78 is 6.18. The largest absolute Gasteiger partial charge is 0.481 e. The van der Waals surface area contributed by atoms with Crippen molar-refractivity contribution in [3.05, 3.63) is 28.2 Å². The van der Waals surface area contributed by atoms with E-state index in [-0.39, 0.29) is 12.6 Å². The van der Waals surface area contributed by atoms with Gasteiger partial charge < -0.3 is 14.7 Å². The molecule has 0 amide bonds. The zero-order valence-electron chi connectivity index (χ0n) is 11.0. The Balaban J connectivity index is 2.40. The number of nitriles is 1. The molecule has 106 valence electrons. The molecule has 5 nitrogen and oxygen atoms in total. The third kappa shape index (κ3) is 2.79. The fourth-order valence-corrected chi connectivity index (χ4v) is 2.86. The third-order valence-electron chi connectivity index (χ3n) is 3.50. The molecule has 1 aromatic carbocycles. The highest BCUT2D eigenvalue weighted by Crippen LogP contribution is 2.30. The molecule has 0 radical (unpaired) electrons. The predicted molar refractivity (Wildman–Crippen MR) is 77.6 cm³/mol. The summed E-state index contributed by atoms with van der Waals surface area (Å²) in [6.45, 7) is 3.14. The van der Waals surface area contributed by atoms with E-state index >= 15 is 0 Å². The number of benzene rings is 1. The highest BCUT2D eigenvalue weighted by atomic mass is 79.9. The molecule has 1 heterocycles. The Morgan fingerprint density at radius 2 is 2.35 bits per heavy atom. The Kier molecular flexibility index (Phi) is 4.63. The van der Waals surface area contributed by atoms with Crippen LogP contribution >= 0.6 is 15.9 Å². The van der Waals surface area contributed by atoms with E-state index in [0.717, 1.165) is 10.2 Å². The molecule has 0 aromatic heterocycles. The van der Waals surface area contributed by atoms with Crippen LogP contribution in [0.5, 0.6) is 0 Å². The summed E-state index contributed by atoms with van der Waals surface area (Å²) in [6.07, 6.45) is 0. The van der Waals surface area contributed by atoms with E-state index in [1.807, 2.05) is 17.9 Å². The average Bonchev–Trinajstić information content (AvgIpc) is 2.89. The fraction of sp³-hybridized carbons (Fsp3) is 0.429. The first-order chi connectivity index (χ1) is 9.58. The van der Waals surface area contributed by atoms with Gasteiger partial charge in [0.05, 0.1) is 30.5 Å². The highest BCUT2D eigenvalue weighted by molar-refractivity contribution is 9.10. The molecule has 2 unspecified atom stereocenters. The molecule has 2 rings (SSSR count). The number of aliphatic carboxylic acids is 1. The molecule has 1 N–H and O–H groups in total. The summed E-state index contributed by atoms with van der Waals surface area (Å²) in [7, 11) is 0. The van der Waals surface area contributed by atoms with Crippen molar-refractivity contribution in [1.29, 1.82) is 5.26 Å². The second kappa shape index (κ2) is 6.25. The Morgan fingerprint density at radius 1 is 1.60 bits per heavy atom. The first kappa shape index (κ1) is 14.8. The van der Waals surface area contributed by atoms with Crippen LogP contribution in [0.3, 0.4) is 0 Å². The lowest BCUT2D eigenvalue weighted by atomic mass is 10.0. The second-order valence-electron chi connectivity index (χ2n) is 4.61. The van der Waals surface area contributed by atoms with Crippen LogP contribution in [0.4, 0.5) is 5.69 Å². The van der Waals surface area contributed by atoms with Crippen LogP contribution in [0.25, 0.3) is 0 Å². The molecular weight excluding hydrogens is 324 g/mol. The zero-order valence-corrected chi connectivity index (χ0v) is 12.6. The molecule has 0 aliphatic carbocycles. The van der Waals surface area contributed by atoms with Crippen molar-refractivity contribution in [2.75, 3.05) is 24.7 Å². The van der Waals surface area contributed by atoms with Gasteiger partial charge in [0.15, 0.2) is 0 Å². The van der Waals surface area contributed by atoms with Gasteiger partial charge in [-0.25, -0.2) is 0 Å². The standard InChI is InChI=1S/C14H15BrN2O3/c1-2-17(13-8-20-7-11(13)14(18)19)12-5-10(15)4-3-9(12)6-16/h3-5,11,13H,2,7-8H2,1H3,(H,18,19). The minimum Gasteiger partial charge on any atom is -0.481 e. The van der Waals surface area contributed by atoms with E-state index in [9.17, 15) is 15.2 Å². The Morgan fingerprint density at radius 3 is 2.95 bits per heavy atom. The third-order valence-corrected chi connectivity index (χ3v) is 3.99. The van der Waals surface area contributed by atoms with Crippen molar-refractivity contribution < 1.29 is 14.6 Å². The van der Waals surface area contributed by atoms with Gasteiger partial charge in [0.1, 0.15) is 12.0 Å². The Bertz CT molecular complexity index is 556. The van der Waals surface area contributed by atoms with Crippen LogP contribution in [-0.2, 0) is 9.53 Å². The van der Waals surface area contributed by atoms with Crippen LogP contribution in [-0.4, -0.2) is 36.9 Å². The summed E-state index contributed by atoms with van der Waals surface area (Å²) in [5, 5.41) is 18.5. The number of rotatable bonds is 4. The molecular formula is C14H15BrN2O3. The Hall–Kier alpha value is -1.58. The van der Waals surface area contributed by atoms with E-state index in [0.29, 0.717) is 18.7 Å². The smallest absolute Gasteiger partial charge is 0.311 e. The van der Waals surface area contributed by atoms with Gasteiger partial charge in [-0.3, -0.25) is 4.79 Å². The lowest BCUT2D eigenvalue weighted by Gasteiger charge is -2.32. The molecule has 20 heavy (non-hydrogen) atoms. The molecule has 1 saturated heterocycles. The van der Waals surface area contributed by atoms with Crippen molar-refractivity contribution in [3.8, 4) is 6.07 Å². The van der Waals surface area contributed by atoms with Crippen LogP contribution in [0.2, 0.25) is 0 Å². The summed E-state index contributed by atoms with van der Waals surface area (Å²) >= 11 is 3.39. The van der Waals surface area contributed by atoms with E-state index < -0.39 is 11.9 Å². The van der Waals surface area contributed by atoms with Gasteiger partial charge >= 0.3 is 5.97 Å². The highest BCUT2D eigenvalue weighted by Gasteiger charge is 2.38. The lowest BCUT2D eigenvalue weighted by Crippen LogP contribution is -2.43. The van der Waals surface area contributed by atoms with Gasteiger partial charge in [0, 0.05) is 11.0 Å². The molecule has 1 fully saturated rings. The van der Waals surface area contributed by atoms with E-state index in [4.69, 9.17) is 4.74 Å². The fourth-order valence-electron chi connectivity index (χ4n) is 2.51. The molecule has 1 aromatic rings. The first-order valence-electron chi connectivity index (χ1n) is 6.35. The zero-order chi connectivity index (χ0) is 14.7. The van der Waals surface area contributed by atoms with Gasteiger partial charge in [-0.2, -0.15) is 5.26 Å². The number of carbonyl (C=O) groups is 1. The number of nitrogens with zero attached hydrogens (tertiary/aromatic N) is 2. The molecule has 0 saturated carbocycles. The molecule has 0 spiro atoms. The van der Waals surface area contributed by atoms with Crippen molar-refractivity contribution in [2.45, 2.75) is 13.0 Å². The normalized spacial score (nSPS) is 21.4. The molecule has 1 aliphatic heterocycles. The van der Waals surface area contributed by atoms with Gasteiger partial charge in [-0.1, -0.05) is 15.9 Å². The number of ether oxygens (including phenoxy) is 1. The summed E-state index contributed by atoms with van der Waals surface area (Å²) in [4.78, 5) is 13.2. The maximum atomic E-state index is 11.3. The number of carboxylic acid groups (broad SMARTS) is 1. The van der Waals surface area contributed by atoms with E-state index in [2.05, 4.69) is 22.0 Å². The van der Waals surface area contributed by atoms with Gasteiger partial charge in [0.25, 0.3) is 0 Å². The summed E-state index contributed by atoms with van der Waals surface area (Å²) in [6, 6.07) is 7.28. The number of likely N-dealkylation sites (N-methyl/N-ethyl adjacent to an activating group) is 1. The monoisotopic (exact) mass is 338 g/mol. The van der Waals surface area contributed by atoms with Crippen molar-refractivity contribution >= 4 is 27.6 Å². The average molecular weight is 339 g/mol. The van der Waals surface area contributed by atoms with E-state index in [1.54, 1.807) is 12.1 Å². The van der Waals surface area contributed by atoms with Crippen LogP contribution < -0.4 is 4.90 Å². The van der Waals surface area contributed by atoms with E-state index in [1.165, 1.54) is 0 Å². The number of halogens is 1. The van der Waals surface area contributed by atoms with Crippen molar-refractivity contribution in [3.63, 3.8) is 0 Å². The number of hydrogen-bond acceptors (Lipinski definition) is 4. The number of anilines is 1. The van der Waals surface area contributed by atoms with Crippen LogP contribution in [0.15, 0.2) is 22.7 Å². The maximum absolute atomic E-state index is 11.3. The number of carboxylic acids is 1. The molecule has 6 heteroatoms. The minimum atomic E-state index is -0.862. The molecule has 2 atom stereocenters. The minimum absolute atomic E-state index is 0.215. The SMILES string of the molecule is CCN(c1cc(Br)ccc1C#N)C1COCC1C(=O)O.